The number of ether oxygens (including phenoxy) is 1. The van der Waals surface area contributed by atoms with Crippen LogP contribution in [0.25, 0.3) is 10.8 Å². The lowest BCUT2D eigenvalue weighted by Crippen LogP contribution is -2.27. The Morgan fingerprint density at radius 1 is 0.950 bits per heavy atom. The zero-order chi connectivity index (χ0) is 14.8. The molecule has 2 aromatic carbocycles. The van der Waals surface area contributed by atoms with E-state index in [-0.39, 0.29) is 5.60 Å². The average Bonchev–Trinajstić information content (AvgIpc) is 2.36. The number of fused-ring (bicyclic) bond motifs is 1. The van der Waals surface area contributed by atoms with Crippen molar-refractivity contribution in [1.82, 2.24) is 0 Å². The molecule has 2 nitrogen and oxygen atoms in total. The maximum atomic E-state index is 9.75. The Morgan fingerprint density at radius 2 is 1.60 bits per heavy atom. The minimum absolute atomic E-state index is 0.352. The van der Waals surface area contributed by atoms with Gasteiger partial charge >= 0.3 is 0 Å². The molecule has 0 aliphatic rings. The molecular formula is C18H24O2. The second kappa shape index (κ2) is 5.55. The highest BCUT2D eigenvalue weighted by Crippen LogP contribution is 2.28. The van der Waals surface area contributed by atoms with Crippen LogP contribution < -0.4 is 0 Å². The summed E-state index contributed by atoms with van der Waals surface area (Å²) in [4.78, 5) is 0. The van der Waals surface area contributed by atoms with E-state index in [0.29, 0.717) is 13.0 Å². The molecule has 0 heterocycles. The van der Waals surface area contributed by atoms with Crippen molar-refractivity contribution in [1.29, 1.82) is 0 Å². The van der Waals surface area contributed by atoms with Gasteiger partial charge in [0, 0.05) is 0 Å². The van der Waals surface area contributed by atoms with Gasteiger partial charge in [-0.25, -0.2) is 0 Å². The van der Waals surface area contributed by atoms with Gasteiger partial charge in [-0.05, 0) is 56.5 Å². The van der Waals surface area contributed by atoms with Gasteiger partial charge < -0.3 is 9.84 Å². The molecule has 0 saturated heterocycles. The lowest BCUT2D eigenvalue weighted by atomic mass is 9.95. The normalized spacial score (nSPS) is 12.8. The zero-order valence-corrected chi connectivity index (χ0v) is 12.8. The van der Waals surface area contributed by atoms with Gasteiger partial charge in [0.05, 0.1) is 17.8 Å². The van der Waals surface area contributed by atoms with E-state index in [1.165, 1.54) is 10.8 Å². The Balaban J connectivity index is 2.14. The van der Waals surface area contributed by atoms with E-state index >= 15 is 0 Å². The van der Waals surface area contributed by atoms with E-state index in [9.17, 15) is 5.11 Å². The van der Waals surface area contributed by atoms with E-state index < -0.39 is 5.60 Å². The average molecular weight is 272 g/mol. The molecule has 2 aromatic rings. The third-order valence-electron chi connectivity index (χ3n) is 3.62. The first-order valence-corrected chi connectivity index (χ1v) is 7.14. The number of rotatable bonds is 5. The quantitative estimate of drug-likeness (QED) is 0.881. The summed E-state index contributed by atoms with van der Waals surface area (Å²) in [7, 11) is 0. The number of hydrogen-bond acceptors (Lipinski definition) is 2. The van der Waals surface area contributed by atoms with E-state index in [0.717, 1.165) is 5.56 Å². The number of hydrogen-bond donors (Lipinski definition) is 1. The van der Waals surface area contributed by atoms with Crippen LogP contribution >= 0.6 is 0 Å². The monoisotopic (exact) mass is 272 g/mol. The van der Waals surface area contributed by atoms with Crippen LogP contribution in [0.2, 0.25) is 0 Å². The summed E-state index contributed by atoms with van der Waals surface area (Å²) in [5.74, 6) is 0. The smallest absolute Gasteiger partial charge is 0.0875 e. The fourth-order valence-corrected chi connectivity index (χ4v) is 2.20. The van der Waals surface area contributed by atoms with Crippen molar-refractivity contribution in [3.8, 4) is 0 Å². The molecule has 0 fully saturated rings. The van der Waals surface area contributed by atoms with E-state index in [1.54, 1.807) is 13.8 Å². The highest BCUT2D eigenvalue weighted by atomic mass is 16.5. The Labute approximate surface area is 121 Å². The number of aliphatic hydroxyl groups is 1. The van der Waals surface area contributed by atoms with Crippen LogP contribution in [0.1, 0.15) is 39.7 Å². The Kier molecular flexibility index (Phi) is 4.17. The SMILES string of the molecule is CC(C)(O)CCOC(C)(C)c1ccc2ccccc2c1. The largest absolute Gasteiger partial charge is 0.390 e. The van der Waals surface area contributed by atoms with Crippen molar-refractivity contribution < 1.29 is 9.84 Å². The molecule has 0 aromatic heterocycles. The summed E-state index contributed by atoms with van der Waals surface area (Å²) in [6, 6.07) is 14.8. The topological polar surface area (TPSA) is 29.5 Å². The van der Waals surface area contributed by atoms with Crippen molar-refractivity contribution in [2.45, 2.75) is 45.3 Å². The summed E-state index contributed by atoms with van der Waals surface area (Å²) in [5, 5.41) is 12.2. The maximum Gasteiger partial charge on any atom is 0.0875 e. The van der Waals surface area contributed by atoms with Crippen LogP contribution in [-0.4, -0.2) is 17.3 Å². The first kappa shape index (κ1) is 15.0. The standard InChI is InChI=1S/C18H24O2/c1-17(2,19)11-12-20-18(3,4)16-10-9-14-7-5-6-8-15(14)13-16/h5-10,13,19H,11-12H2,1-4H3. The van der Waals surface area contributed by atoms with Crippen molar-refractivity contribution in [2.24, 2.45) is 0 Å². The van der Waals surface area contributed by atoms with Gasteiger partial charge in [0.25, 0.3) is 0 Å². The first-order chi connectivity index (χ1) is 9.28. The highest BCUT2D eigenvalue weighted by molar-refractivity contribution is 5.83. The molecule has 0 saturated carbocycles. The molecule has 0 unspecified atom stereocenters. The lowest BCUT2D eigenvalue weighted by Gasteiger charge is -2.28. The summed E-state index contributed by atoms with van der Waals surface area (Å²) < 4.78 is 5.98. The first-order valence-electron chi connectivity index (χ1n) is 7.14. The number of benzene rings is 2. The van der Waals surface area contributed by atoms with Crippen LogP contribution in [0.5, 0.6) is 0 Å². The molecule has 20 heavy (non-hydrogen) atoms. The molecule has 0 radical (unpaired) electrons. The summed E-state index contributed by atoms with van der Waals surface area (Å²) in [6.07, 6.45) is 0.629. The summed E-state index contributed by atoms with van der Waals surface area (Å²) in [6.45, 7) is 8.30. The van der Waals surface area contributed by atoms with Crippen molar-refractivity contribution in [3.63, 3.8) is 0 Å². The summed E-state index contributed by atoms with van der Waals surface area (Å²) in [5.41, 5.74) is 0.126. The van der Waals surface area contributed by atoms with Crippen LogP contribution in [0.3, 0.4) is 0 Å². The molecule has 0 bridgehead atoms. The minimum atomic E-state index is -0.681. The van der Waals surface area contributed by atoms with Gasteiger partial charge in [0.1, 0.15) is 0 Å². The highest BCUT2D eigenvalue weighted by Gasteiger charge is 2.23. The minimum Gasteiger partial charge on any atom is -0.390 e. The van der Waals surface area contributed by atoms with Crippen LogP contribution in [-0.2, 0) is 10.3 Å². The molecule has 1 N–H and O–H groups in total. The Morgan fingerprint density at radius 3 is 2.25 bits per heavy atom. The predicted molar refractivity (Wildman–Crippen MR) is 83.8 cm³/mol. The lowest BCUT2D eigenvalue weighted by molar-refractivity contribution is -0.0493. The van der Waals surface area contributed by atoms with Crippen LogP contribution in [0.4, 0.5) is 0 Å². The van der Waals surface area contributed by atoms with Gasteiger partial charge in [0.2, 0.25) is 0 Å². The molecule has 0 spiro atoms. The Hall–Kier alpha value is -1.38. The van der Waals surface area contributed by atoms with Gasteiger partial charge in [-0.1, -0.05) is 36.4 Å². The molecule has 2 heteroatoms. The van der Waals surface area contributed by atoms with Crippen LogP contribution in [0, 0.1) is 0 Å². The fourth-order valence-electron chi connectivity index (χ4n) is 2.20. The van der Waals surface area contributed by atoms with Crippen molar-refractivity contribution >= 4 is 10.8 Å². The van der Waals surface area contributed by atoms with E-state index in [1.807, 2.05) is 12.1 Å². The van der Waals surface area contributed by atoms with Gasteiger partial charge in [-0.2, -0.15) is 0 Å². The Bertz CT molecular complexity index is 579. The van der Waals surface area contributed by atoms with E-state index in [4.69, 9.17) is 4.74 Å². The molecule has 0 aliphatic heterocycles. The third-order valence-corrected chi connectivity index (χ3v) is 3.62. The molecule has 108 valence electrons. The van der Waals surface area contributed by atoms with Gasteiger partial charge in [-0.15, -0.1) is 0 Å². The molecular weight excluding hydrogens is 248 g/mol. The third kappa shape index (κ3) is 3.81. The second-order valence-electron chi connectivity index (χ2n) is 6.48. The molecule has 0 amide bonds. The maximum absolute atomic E-state index is 9.75. The van der Waals surface area contributed by atoms with Crippen LogP contribution in [0.15, 0.2) is 42.5 Å². The van der Waals surface area contributed by atoms with Gasteiger partial charge in [-0.3, -0.25) is 0 Å². The molecule has 0 aliphatic carbocycles. The molecule has 2 rings (SSSR count). The predicted octanol–water partition coefficient (Wildman–Crippen LogP) is 4.25. The van der Waals surface area contributed by atoms with Gasteiger partial charge in [0.15, 0.2) is 0 Å². The second-order valence-corrected chi connectivity index (χ2v) is 6.48. The summed E-state index contributed by atoms with van der Waals surface area (Å²) >= 11 is 0. The zero-order valence-electron chi connectivity index (χ0n) is 12.8. The fraction of sp³-hybridized carbons (Fsp3) is 0.444. The van der Waals surface area contributed by atoms with Crippen molar-refractivity contribution in [3.05, 3.63) is 48.0 Å². The van der Waals surface area contributed by atoms with Crippen molar-refractivity contribution in [2.75, 3.05) is 6.61 Å². The van der Waals surface area contributed by atoms with E-state index in [2.05, 4.69) is 44.2 Å². The molecule has 0 atom stereocenters.